The Kier molecular flexibility index (Phi) is 5.90. The number of ether oxygens (including phenoxy) is 3. The van der Waals surface area contributed by atoms with Crippen molar-refractivity contribution in [1.82, 2.24) is 0 Å². The van der Waals surface area contributed by atoms with Crippen molar-refractivity contribution in [3.05, 3.63) is 12.2 Å². The van der Waals surface area contributed by atoms with Gasteiger partial charge in [0, 0.05) is 6.08 Å². The minimum Gasteiger partial charge on any atom is -0.466 e. The first-order valence-electron chi connectivity index (χ1n) is 7.20. The Morgan fingerprint density at radius 2 is 1.73 bits per heavy atom. The molecule has 0 saturated carbocycles. The van der Waals surface area contributed by atoms with E-state index in [1.807, 2.05) is 0 Å². The third-order valence-corrected chi connectivity index (χ3v) is 4.03. The van der Waals surface area contributed by atoms with Crippen LogP contribution in [-0.2, 0) is 19.0 Å². The lowest BCUT2D eigenvalue weighted by atomic mass is 9.91. The lowest BCUT2D eigenvalue weighted by molar-refractivity contribution is -0.218. The van der Waals surface area contributed by atoms with Gasteiger partial charge in [0.2, 0.25) is 0 Å². The standard InChI is InChI=1S/C14H22O8/c1-20-9(16)5-3-2-4-7-10(17)12(19)14-13(21-7)11(18)8(6-15)22-14/h3,5,7-8,10-15,17-19H,2,4,6H2,1H3/b5-3+/t7-,8+,10-,11-,12-,13-,14-/m0/s1. The molecule has 2 heterocycles. The molecule has 8 nitrogen and oxygen atoms in total. The van der Waals surface area contributed by atoms with Crippen molar-refractivity contribution in [3.8, 4) is 0 Å². The molecule has 126 valence electrons. The Labute approximate surface area is 127 Å². The fourth-order valence-electron chi connectivity index (χ4n) is 2.79. The largest absolute Gasteiger partial charge is 0.466 e. The van der Waals surface area contributed by atoms with Gasteiger partial charge in [0.05, 0.1) is 19.8 Å². The SMILES string of the molecule is COC(=O)/C=C/CC[C@@H]1O[C@H]2[C@@H](O)[C@@H](CO)O[C@H]2[C@@H](O)[C@H]1O. The Balaban J connectivity index is 1.93. The Morgan fingerprint density at radius 1 is 1.09 bits per heavy atom. The highest BCUT2D eigenvalue weighted by molar-refractivity contribution is 5.81. The van der Waals surface area contributed by atoms with Gasteiger partial charge in [-0.2, -0.15) is 0 Å². The number of methoxy groups -OCH3 is 1. The first-order chi connectivity index (χ1) is 10.5. The van der Waals surface area contributed by atoms with Crippen LogP contribution in [0.3, 0.4) is 0 Å². The van der Waals surface area contributed by atoms with Crippen LogP contribution >= 0.6 is 0 Å². The highest BCUT2D eigenvalue weighted by Gasteiger charge is 2.54. The first kappa shape index (κ1) is 17.3. The van der Waals surface area contributed by atoms with Gasteiger partial charge in [-0.15, -0.1) is 0 Å². The molecule has 7 atom stereocenters. The minimum atomic E-state index is -1.21. The van der Waals surface area contributed by atoms with Crippen LogP contribution in [0.4, 0.5) is 0 Å². The monoisotopic (exact) mass is 318 g/mol. The fourth-order valence-corrected chi connectivity index (χ4v) is 2.79. The lowest BCUT2D eigenvalue weighted by Crippen LogP contribution is -2.57. The van der Waals surface area contributed by atoms with Crippen LogP contribution in [0.1, 0.15) is 12.8 Å². The van der Waals surface area contributed by atoms with Crippen LogP contribution in [0.25, 0.3) is 0 Å². The smallest absolute Gasteiger partial charge is 0.330 e. The van der Waals surface area contributed by atoms with E-state index in [1.165, 1.54) is 13.2 Å². The molecule has 2 aliphatic heterocycles. The number of hydrogen-bond donors (Lipinski definition) is 4. The van der Waals surface area contributed by atoms with Gasteiger partial charge < -0.3 is 34.6 Å². The fraction of sp³-hybridized carbons (Fsp3) is 0.786. The highest BCUT2D eigenvalue weighted by Crippen LogP contribution is 2.34. The summed E-state index contributed by atoms with van der Waals surface area (Å²) >= 11 is 0. The summed E-state index contributed by atoms with van der Waals surface area (Å²) in [4.78, 5) is 10.9. The van der Waals surface area contributed by atoms with Gasteiger partial charge >= 0.3 is 5.97 Å². The second kappa shape index (κ2) is 7.49. The summed E-state index contributed by atoms with van der Waals surface area (Å²) in [6.45, 7) is -0.396. The molecule has 22 heavy (non-hydrogen) atoms. The summed E-state index contributed by atoms with van der Waals surface area (Å²) < 4.78 is 15.4. The molecular weight excluding hydrogens is 296 g/mol. The molecule has 0 aromatic heterocycles. The molecule has 0 aromatic rings. The van der Waals surface area contributed by atoms with Gasteiger partial charge in [-0.25, -0.2) is 4.79 Å². The van der Waals surface area contributed by atoms with Crippen molar-refractivity contribution in [1.29, 1.82) is 0 Å². The molecule has 0 amide bonds. The Hall–Kier alpha value is -1.03. The molecule has 2 saturated heterocycles. The first-order valence-corrected chi connectivity index (χ1v) is 7.20. The molecule has 0 spiro atoms. The maximum Gasteiger partial charge on any atom is 0.330 e. The average Bonchev–Trinajstić information content (AvgIpc) is 2.84. The number of carbonyl (C=O) groups is 1. The summed E-state index contributed by atoms with van der Waals surface area (Å²) in [6.07, 6.45) is -3.02. The third kappa shape index (κ3) is 3.48. The van der Waals surface area contributed by atoms with E-state index in [0.717, 1.165) is 0 Å². The molecule has 2 rings (SSSR count). The maximum atomic E-state index is 10.9. The van der Waals surface area contributed by atoms with Gasteiger partial charge in [-0.1, -0.05) is 6.08 Å². The van der Waals surface area contributed by atoms with E-state index >= 15 is 0 Å². The molecule has 4 N–H and O–H groups in total. The lowest BCUT2D eigenvalue weighted by Gasteiger charge is -2.39. The van der Waals surface area contributed by atoms with Crippen molar-refractivity contribution in [2.24, 2.45) is 0 Å². The zero-order chi connectivity index (χ0) is 16.3. The second-order valence-electron chi connectivity index (χ2n) is 5.44. The Bertz CT molecular complexity index is 412. The van der Waals surface area contributed by atoms with Gasteiger partial charge in [-0.05, 0) is 12.8 Å². The van der Waals surface area contributed by atoms with Crippen molar-refractivity contribution in [3.63, 3.8) is 0 Å². The van der Waals surface area contributed by atoms with Crippen LogP contribution in [0, 0.1) is 0 Å². The van der Waals surface area contributed by atoms with Crippen LogP contribution in [-0.4, -0.2) is 82.8 Å². The summed E-state index contributed by atoms with van der Waals surface area (Å²) in [6, 6.07) is 0. The van der Waals surface area contributed by atoms with E-state index in [0.29, 0.717) is 12.8 Å². The quantitative estimate of drug-likeness (QED) is 0.342. The van der Waals surface area contributed by atoms with Crippen molar-refractivity contribution in [2.45, 2.75) is 55.6 Å². The topological polar surface area (TPSA) is 126 Å². The average molecular weight is 318 g/mol. The van der Waals surface area contributed by atoms with Gasteiger partial charge in [0.25, 0.3) is 0 Å². The molecule has 2 fully saturated rings. The van der Waals surface area contributed by atoms with E-state index in [1.54, 1.807) is 6.08 Å². The highest BCUT2D eigenvalue weighted by atomic mass is 16.6. The summed E-state index contributed by atoms with van der Waals surface area (Å²) in [5.74, 6) is -0.476. The summed E-state index contributed by atoms with van der Waals surface area (Å²) in [5.41, 5.74) is 0. The van der Waals surface area contributed by atoms with Crippen molar-refractivity contribution < 1.29 is 39.4 Å². The summed E-state index contributed by atoms with van der Waals surface area (Å²) in [7, 11) is 1.27. The van der Waals surface area contributed by atoms with E-state index in [-0.39, 0.29) is 0 Å². The normalized spacial score (nSPS) is 41.6. The predicted molar refractivity (Wildman–Crippen MR) is 72.8 cm³/mol. The molecule has 0 radical (unpaired) electrons. The molecule has 0 aliphatic carbocycles. The molecule has 8 heteroatoms. The summed E-state index contributed by atoms with van der Waals surface area (Å²) in [5, 5.41) is 39.3. The van der Waals surface area contributed by atoms with Gasteiger partial charge in [0.1, 0.15) is 36.6 Å². The van der Waals surface area contributed by atoms with Crippen LogP contribution < -0.4 is 0 Å². The van der Waals surface area contributed by atoms with E-state index in [4.69, 9.17) is 14.6 Å². The zero-order valence-corrected chi connectivity index (χ0v) is 12.2. The van der Waals surface area contributed by atoms with Crippen molar-refractivity contribution in [2.75, 3.05) is 13.7 Å². The van der Waals surface area contributed by atoms with Crippen molar-refractivity contribution >= 4 is 5.97 Å². The third-order valence-electron chi connectivity index (χ3n) is 4.03. The van der Waals surface area contributed by atoms with Gasteiger partial charge in [0.15, 0.2) is 0 Å². The number of allylic oxidation sites excluding steroid dienone is 1. The second-order valence-corrected chi connectivity index (χ2v) is 5.44. The number of aliphatic hydroxyl groups is 4. The molecule has 2 aliphatic rings. The molecule has 0 aromatic carbocycles. The minimum absolute atomic E-state index is 0.353. The van der Waals surface area contributed by atoms with Crippen LogP contribution in [0.2, 0.25) is 0 Å². The number of hydrogen-bond acceptors (Lipinski definition) is 8. The number of carbonyl (C=O) groups excluding carboxylic acids is 1. The predicted octanol–water partition coefficient (Wildman–Crippen LogP) is -1.89. The van der Waals surface area contributed by atoms with E-state index in [9.17, 15) is 20.1 Å². The van der Waals surface area contributed by atoms with E-state index < -0.39 is 55.3 Å². The van der Waals surface area contributed by atoms with Crippen LogP contribution in [0.15, 0.2) is 12.2 Å². The zero-order valence-electron chi connectivity index (χ0n) is 12.2. The van der Waals surface area contributed by atoms with Crippen LogP contribution in [0.5, 0.6) is 0 Å². The van der Waals surface area contributed by atoms with Gasteiger partial charge in [-0.3, -0.25) is 0 Å². The van der Waals surface area contributed by atoms with E-state index in [2.05, 4.69) is 4.74 Å². The number of fused-ring (bicyclic) bond motifs is 1. The Morgan fingerprint density at radius 3 is 2.36 bits per heavy atom. The number of esters is 1. The maximum absolute atomic E-state index is 10.9. The molecule has 0 bridgehead atoms. The number of rotatable bonds is 5. The number of aliphatic hydroxyl groups excluding tert-OH is 4. The molecular formula is C14H22O8. The molecule has 0 unspecified atom stereocenters.